The molecule has 0 aromatic heterocycles. The van der Waals surface area contributed by atoms with Gasteiger partial charge in [-0.3, -0.25) is 9.59 Å². The summed E-state index contributed by atoms with van der Waals surface area (Å²) in [5.74, 6) is 0.323. The molecule has 122 valence electrons. The molecule has 0 unspecified atom stereocenters. The van der Waals surface area contributed by atoms with Gasteiger partial charge in [-0.1, -0.05) is 25.4 Å². The van der Waals surface area contributed by atoms with Crippen LogP contribution in [0.2, 0.25) is 5.02 Å². The highest BCUT2D eigenvalue weighted by molar-refractivity contribution is 6.32. The van der Waals surface area contributed by atoms with Crippen LogP contribution in [-0.2, 0) is 4.79 Å². The summed E-state index contributed by atoms with van der Waals surface area (Å²) in [7, 11) is 2.94. The first-order valence-electron chi connectivity index (χ1n) is 6.88. The number of methoxy groups -OCH3 is 2. The number of rotatable bonds is 7. The molecule has 0 spiro atoms. The van der Waals surface area contributed by atoms with Crippen molar-refractivity contribution in [2.75, 3.05) is 27.3 Å². The molecule has 2 N–H and O–H groups in total. The summed E-state index contributed by atoms with van der Waals surface area (Å²) in [6, 6.07) is 3.05. The quantitative estimate of drug-likeness (QED) is 0.749. The Morgan fingerprint density at radius 3 is 2.32 bits per heavy atom. The second-order valence-corrected chi connectivity index (χ2v) is 5.30. The van der Waals surface area contributed by atoms with Crippen molar-refractivity contribution in [3.8, 4) is 11.5 Å². The number of ether oxygens (including phenoxy) is 2. The zero-order valence-corrected chi connectivity index (χ0v) is 13.9. The molecule has 7 heteroatoms. The van der Waals surface area contributed by atoms with Crippen molar-refractivity contribution in [1.82, 2.24) is 10.6 Å². The largest absolute Gasteiger partial charge is 0.493 e. The number of amides is 2. The molecule has 1 aromatic carbocycles. The summed E-state index contributed by atoms with van der Waals surface area (Å²) in [4.78, 5) is 23.4. The molecule has 0 heterocycles. The van der Waals surface area contributed by atoms with Crippen molar-refractivity contribution < 1.29 is 19.1 Å². The molecule has 0 fully saturated rings. The molecule has 0 saturated heterocycles. The summed E-state index contributed by atoms with van der Waals surface area (Å²) >= 11 is 6.05. The van der Waals surface area contributed by atoms with Gasteiger partial charge in [0.25, 0.3) is 5.91 Å². The van der Waals surface area contributed by atoms with Crippen LogP contribution < -0.4 is 20.1 Å². The Balaban J connectivity index is 2.63. The maximum absolute atomic E-state index is 12.1. The van der Waals surface area contributed by atoms with Crippen molar-refractivity contribution >= 4 is 23.4 Å². The fourth-order valence-electron chi connectivity index (χ4n) is 1.72. The molecule has 0 radical (unpaired) electrons. The third kappa shape index (κ3) is 4.80. The molecule has 1 rings (SSSR count). The van der Waals surface area contributed by atoms with Gasteiger partial charge in [-0.15, -0.1) is 0 Å². The van der Waals surface area contributed by atoms with E-state index < -0.39 is 0 Å². The lowest BCUT2D eigenvalue weighted by Crippen LogP contribution is -2.36. The molecular weight excluding hydrogens is 308 g/mol. The van der Waals surface area contributed by atoms with E-state index in [2.05, 4.69) is 10.6 Å². The summed E-state index contributed by atoms with van der Waals surface area (Å²) in [6.45, 7) is 4.30. The third-order valence-corrected chi connectivity index (χ3v) is 3.21. The number of nitrogens with one attached hydrogen (secondary N) is 2. The molecule has 0 saturated carbocycles. The summed E-state index contributed by atoms with van der Waals surface area (Å²) in [5.41, 5.74) is 0.359. The second-order valence-electron chi connectivity index (χ2n) is 4.90. The molecule has 0 atom stereocenters. The molecule has 22 heavy (non-hydrogen) atoms. The Bertz CT molecular complexity index is 547. The second kappa shape index (κ2) is 8.48. The van der Waals surface area contributed by atoms with Crippen LogP contribution >= 0.6 is 11.6 Å². The predicted octanol–water partition coefficient (Wildman–Crippen LogP) is 1.86. The minimum Gasteiger partial charge on any atom is -0.493 e. The van der Waals surface area contributed by atoms with E-state index in [4.69, 9.17) is 21.1 Å². The van der Waals surface area contributed by atoms with Gasteiger partial charge in [0.2, 0.25) is 5.91 Å². The van der Waals surface area contributed by atoms with Gasteiger partial charge in [0.1, 0.15) is 0 Å². The number of hydrogen-bond donors (Lipinski definition) is 2. The first-order valence-corrected chi connectivity index (χ1v) is 7.26. The van der Waals surface area contributed by atoms with Gasteiger partial charge in [-0.2, -0.15) is 0 Å². The van der Waals surface area contributed by atoms with E-state index >= 15 is 0 Å². The van der Waals surface area contributed by atoms with Gasteiger partial charge >= 0.3 is 0 Å². The van der Waals surface area contributed by atoms with Crippen LogP contribution in [0.5, 0.6) is 11.5 Å². The van der Waals surface area contributed by atoms with E-state index in [1.54, 1.807) is 19.9 Å². The zero-order chi connectivity index (χ0) is 16.7. The van der Waals surface area contributed by atoms with Crippen LogP contribution in [0.15, 0.2) is 12.1 Å². The first kappa shape index (κ1) is 18.1. The molecule has 0 aliphatic heterocycles. The molecule has 1 aromatic rings. The zero-order valence-electron chi connectivity index (χ0n) is 13.2. The van der Waals surface area contributed by atoms with Crippen LogP contribution in [0.3, 0.4) is 0 Å². The Kier molecular flexibility index (Phi) is 6.98. The van der Waals surface area contributed by atoms with Crippen LogP contribution in [0.25, 0.3) is 0 Å². The van der Waals surface area contributed by atoms with E-state index in [0.29, 0.717) is 35.2 Å². The van der Waals surface area contributed by atoms with E-state index in [-0.39, 0.29) is 17.7 Å². The average Bonchev–Trinajstić information content (AvgIpc) is 2.49. The van der Waals surface area contributed by atoms with E-state index in [0.717, 1.165) is 0 Å². The van der Waals surface area contributed by atoms with Crippen molar-refractivity contribution in [3.05, 3.63) is 22.7 Å². The summed E-state index contributed by atoms with van der Waals surface area (Å²) in [6.07, 6.45) is 0. The molecule has 2 amide bonds. The van der Waals surface area contributed by atoms with Crippen molar-refractivity contribution in [2.24, 2.45) is 5.92 Å². The highest BCUT2D eigenvalue weighted by Crippen LogP contribution is 2.35. The summed E-state index contributed by atoms with van der Waals surface area (Å²) < 4.78 is 10.3. The lowest BCUT2D eigenvalue weighted by Gasteiger charge is -2.12. The van der Waals surface area contributed by atoms with Crippen molar-refractivity contribution in [3.63, 3.8) is 0 Å². The summed E-state index contributed by atoms with van der Waals surface area (Å²) in [5, 5.41) is 5.71. The Labute approximate surface area is 135 Å². The van der Waals surface area contributed by atoms with Crippen molar-refractivity contribution in [2.45, 2.75) is 13.8 Å². The molecule has 0 aliphatic rings. The minimum absolute atomic E-state index is 0.0524. The molecule has 6 nitrogen and oxygen atoms in total. The number of hydrogen-bond acceptors (Lipinski definition) is 4. The smallest absolute Gasteiger partial charge is 0.251 e. The lowest BCUT2D eigenvalue weighted by molar-refractivity contribution is -0.123. The lowest BCUT2D eigenvalue weighted by atomic mass is 10.2. The highest BCUT2D eigenvalue weighted by Gasteiger charge is 2.15. The number of carbonyl (C=O) groups excluding carboxylic acids is 2. The maximum Gasteiger partial charge on any atom is 0.251 e. The minimum atomic E-state index is -0.304. The molecule has 0 aliphatic carbocycles. The standard InChI is InChI=1S/C15H21ClN2O4/c1-9(2)14(19)17-5-6-18-15(20)10-7-11(16)13(22-4)12(8-10)21-3/h7-9H,5-6H2,1-4H3,(H,17,19)(H,18,20). The fourth-order valence-corrected chi connectivity index (χ4v) is 2.00. The van der Waals surface area contributed by atoms with Gasteiger partial charge in [0.05, 0.1) is 19.2 Å². The normalized spacial score (nSPS) is 10.3. The van der Waals surface area contributed by atoms with Crippen LogP contribution in [0.1, 0.15) is 24.2 Å². The Morgan fingerprint density at radius 1 is 1.14 bits per heavy atom. The van der Waals surface area contributed by atoms with Gasteiger partial charge < -0.3 is 20.1 Å². The van der Waals surface area contributed by atoms with Crippen LogP contribution in [-0.4, -0.2) is 39.1 Å². The van der Waals surface area contributed by atoms with E-state index in [9.17, 15) is 9.59 Å². The predicted molar refractivity (Wildman–Crippen MR) is 84.7 cm³/mol. The van der Waals surface area contributed by atoms with Gasteiger partial charge in [-0.05, 0) is 12.1 Å². The molecular formula is C15H21ClN2O4. The third-order valence-electron chi connectivity index (χ3n) is 2.93. The van der Waals surface area contributed by atoms with E-state index in [1.165, 1.54) is 20.3 Å². The average molecular weight is 329 g/mol. The highest BCUT2D eigenvalue weighted by atomic mass is 35.5. The molecule has 0 bridgehead atoms. The number of halogens is 1. The van der Waals surface area contributed by atoms with Crippen LogP contribution in [0, 0.1) is 5.92 Å². The monoisotopic (exact) mass is 328 g/mol. The van der Waals surface area contributed by atoms with Crippen molar-refractivity contribution in [1.29, 1.82) is 0 Å². The van der Waals surface area contributed by atoms with Gasteiger partial charge in [0, 0.05) is 24.6 Å². The van der Waals surface area contributed by atoms with E-state index in [1.807, 2.05) is 0 Å². The fraction of sp³-hybridized carbons (Fsp3) is 0.467. The van der Waals surface area contributed by atoms with Gasteiger partial charge in [0.15, 0.2) is 11.5 Å². The number of benzene rings is 1. The Morgan fingerprint density at radius 2 is 1.77 bits per heavy atom. The first-order chi connectivity index (χ1) is 10.4. The maximum atomic E-state index is 12.1. The Hall–Kier alpha value is -1.95. The topological polar surface area (TPSA) is 76.7 Å². The van der Waals surface area contributed by atoms with Crippen LogP contribution in [0.4, 0.5) is 0 Å². The van der Waals surface area contributed by atoms with Gasteiger partial charge in [-0.25, -0.2) is 0 Å². The number of carbonyl (C=O) groups is 2. The SMILES string of the molecule is COc1cc(C(=O)NCCNC(=O)C(C)C)cc(Cl)c1OC.